The molecule has 2 aromatic carbocycles. The highest BCUT2D eigenvalue weighted by Crippen LogP contribution is 2.33. The van der Waals surface area contributed by atoms with E-state index in [1.807, 2.05) is 0 Å². The average molecular weight is 474 g/mol. The van der Waals surface area contributed by atoms with Crippen LogP contribution in [0.3, 0.4) is 0 Å². The largest absolute Gasteiger partial charge is 0.339 e. The van der Waals surface area contributed by atoms with Crippen molar-refractivity contribution in [3.63, 3.8) is 0 Å². The number of anilines is 2. The van der Waals surface area contributed by atoms with Crippen LogP contribution in [-0.4, -0.2) is 28.9 Å². The molecule has 0 aliphatic heterocycles. The van der Waals surface area contributed by atoms with Crippen LogP contribution in [0.2, 0.25) is 5.02 Å². The quantitative estimate of drug-likeness (QED) is 0.453. The minimum atomic E-state index is -3.87. The second-order valence-electron chi connectivity index (χ2n) is 6.96. The lowest BCUT2D eigenvalue weighted by atomic mass is 10.1. The third-order valence-corrected chi connectivity index (χ3v) is 6.68. The molecule has 0 fully saturated rings. The molecule has 4 rings (SSSR count). The van der Waals surface area contributed by atoms with Crippen molar-refractivity contribution in [3.05, 3.63) is 77.1 Å². The fourth-order valence-corrected chi connectivity index (χ4v) is 4.74. The second-order valence-corrected chi connectivity index (χ2v) is 9.02. The van der Waals surface area contributed by atoms with Crippen molar-refractivity contribution in [2.75, 3.05) is 10.0 Å². The van der Waals surface area contributed by atoms with Crippen LogP contribution in [-0.2, 0) is 17.1 Å². The van der Waals surface area contributed by atoms with Crippen LogP contribution in [0.5, 0.6) is 0 Å². The normalized spacial score (nSPS) is 11.5. The molecule has 0 radical (unpaired) electrons. The molecule has 4 aromatic rings. The van der Waals surface area contributed by atoms with Crippen LogP contribution in [0.25, 0.3) is 10.9 Å². The molecule has 0 aliphatic rings. The zero-order valence-corrected chi connectivity index (χ0v) is 18.5. The van der Waals surface area contributed by atoms with Gasteiger partial charge < -0.3 is 9.88 Å². The van der Waals surface area contributed by atoms with E-state index < -0.39 is 21.7 Å². The fraction of sp³-hybridized carbons (Fsp3) is 0.0952. The van der Waals surface area contributed by atoms with Gasteiger partial charge in [0.05, 0.1) is 21.6 Å². The van der Waals surface area contributed by atoms with Gasteiger partial charge in [-0.1, -0.05) is 11.6 Å². The maximum absolute atomic E-state index is 13.9. The van der Waals surface area contributed by atoms with Crippen LogP contribution >= 0.6 is 11.6 Å². The molecule has 0 unspecified atom stereocenters. The van der Waals surface area contributed by atoms with Gasteiger partial charge in [0.1, 0.15) is 11.5 Å². The predicted octanol–water partition coefficient (Wildman–Crippen LogP) is 4.12. The summed E-state index contributed by atoms with van der Waals surface area (Å²) in [7, 11) is -2.18. The summed E-state index contributed by atoms with van der Waals surface area (Å²) in [6, 6.07) is 8.45. The minimum Gasteiger partial charge on any atom is -0.339 e. The van der Waals surface area contributed by atoms with E-state index in [0.717, 1.165) is 0 Å². The molecule has 0 saturated heterocycles. The molecule has 11 heteroatoms. The van der Waals surface area contributed by atoms with Crippen LogP contribution in [0, 0.1) is 12.7 Å². The van der Waals surface area contributed by atoms with Gasteiger partial charge in [-0.05, 0) is 48.9 Å². The highest BCUT2D eigenvalue weighted by Gasteiger charge is 2.22. The maximum atomic E-state index is 13.9. The Labute approximate surface area is 188 Å². The monoisotopic (exact) mass is 473 g/mol. The molecular formula is C21H17ClFN5O3S. The van der Waals surface area contributed by atoms with E-state index in [0.29, 0.717) is 27.8 Å². The van der Waals surface area contributed by atoms with E-state index in [-0.39, 0.29) is 15.7 Å². The van der Waals surface area contributed by atoms with Gasteiger partial charge in [-0.2, -0.15) is 0 Å². The summed E-state index contributed by atoms with van der Waals surface area (Å²) in [5, 5.41) is 3.16. The molecule has 164 valence electrons. The van der Waals surface area contributed by atoms with E-state index in [1.54, 1.807) is 24.6 Å². The second kappa shape index (κ2) is 8.21. The molecule has 2 aromatic heterocycles. The molecule has 0 bridgehead atoms. The zero-order valence-electron chi connectivity index (χ0n) is 16.9. The van der Waals surface area contributed by atoms with E-state index in [4.69, 9.17) is 11.6 Å². The molecule has 0 saturated carbocycles. The number of sulfonamides is 1. The summed E-state index contributed by atoms with van der Waals surface area (Å²) in [5.74, 6) is -0.913. The Kier molecular flexibility index (Phi) is 5.57. The van der Waals surface area contributed by atoms with Gasteiger partial charge in [0, 0.05) is 30.5 Å². The van der Waals surface area contributed by atoms with Crippen molar-refractivity contribution >= 4 is 49.9 Å². The first-order valence-electron chi connectivity index (χ1n) is 9.32. The topological polar surface area (TPSA) is 106 Å². The van der Waals surface area contributed by atoms with Gasteiger partial charge in [-0.25, -0.2) is 17.8 Å². The van der Waals surface area contributed by atoms with Crippen LogP contribution in [0.1, 0.15) is 16.1 Å². The van der Waals surface area contributed by atoms with E-state index in [2.05, 4.69) is 20.0 Å². The molecule has 32 heavy (non-hydrogen) atoms. The summed E-state index contributed by atoms with van der Waals surface area (Å²) in [6.07, 6.45) is 4.08. The smallest absolute Gasteiger partial charge is 0.272 e. The summed E-state index contributed by atoms with van der Waals surface area (Å²) in [4.78, 5) is 20.6. The number of aromatic nitrogens is 3. The van der Waals surface area contributed by atoms with Crippen molar-refractivity contribution in [3.8, 4) is 0 Å². The average Bonchev–Trinajstić information content (AvgIpc) is 3.02. The summed E-state index contributed by atoms with van der Waals surface area (Å²) >= 11 is 6.11. The third kappa shape index (κ3) is 3.90. The molecular weight excluding hydrogens is 457 g/mol. The maximum Gasteiger partial charge on any atom is 0.272 e. The first-order valence-corrected chi connectivity index (χ1v) is 11.2. The molecule has 0 spiro atoms. The first kappa shape index (κ1) is 21.7. The van der Waals surface area contributed by atoms with Crippen LogP contribution in [0.15, 0.2) is 59.9 Å². The van der Waals surface area contributed by atoms with E-state index in [1.165, 1.54) is 48.9 Å². The van der Waals surface area contributed by atoms with Gasteiger partial charge in [-0.15, -0.1) is 0 Å². The molecule has 1 amide bonds. The number of hydrogen-bond acceptors (Lipinski definition) is 5. The van der Waals surface area contributed by atoms with Crippen molar-refractivity contribution in [1.82, 2.24) is 14.5 Å². The fourth-order valence-electron chi connectivity index (χ4n) is 3.45. The lowest BCUT2D eigenvalue weighted by Crippen LogP contribution is -2.17. The van der Waals surface area contributed by atoms with Crippen LogP contribution < -0.4 is 10.0 Å². The van der Waals surface area contributed by atoms with Crippen molar-refractivity contribution < 1.29 is 17.6 Å². The van der Waals surface area contributed by atoms with Crippen LogP contribution in [0.4, 0.5) is 15.9 Å². The highest BCUT2D eigenvalue weighted by molar-refractivity contribution is 7.92. The Balaban J connectivity index is 1.58. The number of carbonyl (C=O) groups is 1. The van der Waals surface area contributed by atoms with Gasteiger partial charge in [0.2, 0.25) is 0 Å². The molecule has 0 aliphatic carbocycles. The number of nitrogens with one attached hydrogen (secondary N) is 2. The molecule has 2 N–H and O–H groups in total. The van der Waals surface area contributed by atoms with Crippen molar-refractivity contribution in [1.29, 1.82) is 0 Å². The highest BCUT2D eigenvalue weighted by atomic mass is 35.5. The number of benzene rings is 2. The first-order chi connectivity index (χ1) is 15.2. The molecule has 0 atom stereocenters. The van der Waals surface area contributed by atoms with Gasteiger partial charge in [0.25, 0.3) is 15.9 Å². The Bertz CT molecular complexity index is 1440. The number of fused-ring (bicyclic) bond motifs is 1. The number of halogens is 2. The van der Waals surface area contributed by atoms with E-state index >= 15 is 0 Å². The number of hydrogen-bond donors (Lipinski definition) is 2. The van der Waals surface area contributed by atoms with Gasteiger partial charge >= 0.3 is 0 Å². The minimum absolute atomic E-state index is 0.0100. The lowest BCUT2D eigenvalue weighted by Gasteiger charge is -2.10. The number of carbonyl (C=O) groups excluding carboxylic acids is 1. The summed E-state index contributed by atoms with van der Waals surface area (Å²) < 4.78 is 42.8. The summed E-state index contributed by atoms with van der Waals surface area (Å²) in [6.45, 7) is 1.69. The summed E-state index contributed by atoms with van der Waals surface area (Å²) in [5.41, 5.74) is 1.86. The van der Waals surface area contributed by atoms with Crippen molar-refractivity contribution in [2.24, 2.45) is 7.05 Å². The Morgan fingerprint density at radius 1 is 1.12 bits per heavy atom. The SMILES string of the molecule is Cc1c(C(=O)Nc2ccc(S(=O)(=O)Nc3cnccn3)cc2)n(C)c2ccc(F)c(Cl)c12. The molecule has 2 heterocycles. The Hall–Kier alpha value is -3.50. The molecule has 8 nitrogen and oxygen atoms in total. The Morgan fingerprint density at radius 3 is 2.50 bits per heavy atom. The van der Waals surface area contributed by atoms with Crippen molar-refractivity contribution in [2.45, 2.75) is 11.8 Å². The number of nitrogens with zero attached hydrogens (tertiary/aromatic N) is 3. The Morgan fingerprint density at radius 2 is 1.84 bits per heavy atom. The lowest BCUT2D eigenvalue weighted by molar-refractivity contribution is 0.101. The number of rotatable bonds is 5. The predicted molar refractivity (Wildman–Crippen MR) is 120 cm³/mol. The third-order valence-electron chi connectivity index (χ3n) is 4.94. The zero-order chi connectivity index (χ0) is 23.0. The number of amides is 1. The van der Waals surface area contributed by atoms with E-state index in [9.17, 15) is 17.6 Å². The standard InChI is InChI=1S/C21H17ClFN5O3S/c1-12-18-16(8-7-15(23)19(18)22)28(2)20(12)21(29)26-13-3-5-14(6-4-13)32(30,31)27-17-11-24-9-10-25-17/h3-11H,1-2H3,(H,25,27)(H,26,29). The number of aryl methyl sites for hydroxylation is 2. The van der Waals surface area contributed by atoms with Gasteiger partial charge in [-0.3, -0.25) is 14.5 Å². The van der Waals surface area contributed by atoms with Gasteiger partial charge in [0.15, 0.2) is 5.82 Å².